The van der Waals surface area contributed by atoms with Crippen LogP contribution in [-0.2, 0) is 0 Å². The molecule has 0 spiro atoms. The highest BCUT2D eigenvalue weighted by atomic mass is 79.9. The lowest BCUT2D eigenvalue weighted by Crippen LogP contribution is -1.88. The second-order valence-electron chi connectivity index (χ2n) is 4.32. The summed E-state index contributed by atoms with van der Waals surface area (Å²) < 4.78 is 32.3. The van der Waals surface area contributed by atoms with E-state index in [-0.39, 0.29) is 17.3 Å². The molecular weight excluding hydrogens is 344 g/mol. The van der Waals surface area contributed by atoms with Gasteiger partial charge in [-0.1, -0.05) is 5.16 Å². The van der Waals surface area contributed by atoms with Crippen molar-refractivity contribution in [3.05, 3.63) is 52.5 Å². The highest BCUT2D eigenvalue weighted by Gasteiger charge is 2.14. The minimum Gasteiger partial charge on any atom is -0.399 e. The number of hydrogen-bond donors (Lipinski definition) is 1. The van der Waals surface area contributed by atoms with Crippen molar-refractivity contribution in [1.29, 1.82) is 0 Å². The van der Waals surface area contributed by atoms with E-state index in [0.717, 1.165) is 22.7 Å². The van der Waals surface area contributed by atoms with Gasteiger partial charge in [-0.25, -0.2) is 8.78 Å². The molecule has 0 aliphatic heterocycles. The molecule has 2 aromatic carbocycles. The first-order valence-electron chi connectivity index (χ1n) is 5.88. The average Bonchev–Trinajstić information content (AvgIpc) is 2.90. The Morgan fingerprint density at radius 3 is 2.48 bits per heavy atom. The van der Waals surface area contributed by atoms with Crippen molar-refractivity contribution in [3.63, 3.8) is 0 Å². The van der Waals surface area contributed by atoms with Crippen LogP contribution < -0.4 is 5.73 Å². The maximum atomic E-state index is 13.2. The number of halogens is 3. The predicted molar refractivity (Wildman–Crippen MR) is 77.2 cm³/mol. The molecule has 0 atom stereocenters. The molecule has 0 fully saturated rings. The van der Waals surface area contributed by atoms with E-state index < -0.39 is 11.6 Å². The van der Waals surface area contributed by atoms with Crippen LogP contribution in [0.1, 0.15) is 0 Å². The molecule has 3 rings (SSSR count). The Morgan fingerprint density at radius 2 is 1.76 bits per heavy atom. The summed E-state index contributed by atoms with van der Waals surface area (Å²) in [7, 11) is 0. The molecule has 4 nitrogen and oxygen atoms in total. The van der Waals surface area contributed by atoms with Crippen LogP contribution in [0.5, 0.6) is 0 Å². The molecule has 0 saturated carbocycles. The smallest absolute Gasteiger partial charge is 0.259 e. The van der Waals surface area contributed by atoms with Gasteiger partial charge in [0.2, 0.25) is 5.82 Å². The van der Waals surface area contributed by atoms with E-state index in [2.05, 4.69) is 26.1 Å². The maximum absolute atomic E-state index is 13.2. The van der Waals surface area contributed by atoms with E-state index in [4.69, 9.17) is 10.3 Å². The van der Waals surface area contributed by atoms with Gasteiger partial charge < -0.3 is 10.3 Å². The Balaban J connectivity index is 2.05. The van der Waals surface area contributed by atoms with Crippen LogP contribution in [0.2, 0.25) is 0 Å². The Morgan fingerprint density at radius 1 is 1.05 bits per heavy atom. The summed E-state index contributed by atoms with van der Waals surface area (Å²) >= 11 is 3.35. The summed E-state index contributed by atoms with van der Waals surface area (Å²) in [6, 6.07) is 8.16. The molecule has 21 heavy (non-hydrogen) atoms. The van der Waals surface area contributed by atoms with Gasteiger partial charge in [-0.2, -0.15) is 4.98 Å². The second-order valence-corrected chi connectivity index (χ2v) is 5.17. The van der Waals surface area contributed by atoms with Crippen LogP contribution in [0, 0.1) is 11.6 Å². The predicted octanol–water partition coefficient (Wildman–Crippen LogP) is 4.03. The first-order chi connectivity index (χ1) is 10.0. The zero-order valence-electron chi connectivity index (χ0n) is 10.5. The summed E-state index contributed by atoms with van der Waals surface area (Å²) in [6.45, 7) is 0. The van der Waals surface area contributed by atoms with Gasteiger partial charge in [-0.05, 0) is 46.3 Å². The van der Waals surface area contributed by atoms with Gasteiger partial charge in [0.1, 0.15) is 11.6 Å². The monoisotopic (exact) mass is 351 g/mol. The van der Waals surface area contributed by atoms with Gasteiger partial charge >= 0.3 is 0 Å². The number of aromatic nitrogens is 2. The number of nitrogens with two attached hydrogens (primary N) is 1. The molecule has 0 aliphatic carbocycles. The number of rotatable bonds is 2. The summed E-state index contributed by atoms with van der Waals surface area (Å²) in [6.07, 6.45) is 0. The SMILES string of the molecule is Nc1ccc(Br)c(-c2nc(-c3cc(F)cc(F)c3)no2)c1. The first-order valence-corrected chi connectivity index (χ1v) is 6.68. The van der Waals surface area contributed by atoms with Crippen molar-refractivity contribution in [2.24, 2.45) is 0 Å². The van der Waals surface area contributed by atoms with Crippen LogP contribution in [-0.4, -0.2) is 10.1 Å². The summed E-state index contributed by atoms with van der Waals surface area (Å²) in [5.41, 5.74) is 7.04. The second kappa shape index (κ2) is 5.25. The van der Waals surface area contributed by atoms with Gasteiger partial charge in [0.05, 0.1) is 5.56 Å². The fourth-order valence-corrected chi connectivity index (χ4v) is 2.26. The summed E-state index contributed by atoms with van der Waals surface area (Å²) in [4.78, 5) is 4.14. The van der Waals surface area contributed by atoms with Gasteiger partial charge in [-0.3, -0.25) is 0 Å². The van der Waals surface area contributed by atoms with Crippen LogP contribution in [0.4, 0.5) is 14.5 Å². The molecule has 2 N–H and O–H groups in total. The fraction of sp³-hybridized carbons (Fsp3) is 0. The molecule has 0 amide bonds. The minimum absolute atomic E-state index is 0.0951. The number of nitrogens with zero attached hydrogens (tertiary/aromatic N) is 2. The Bertz CT molecular complexity index is 799. The van der Waals surface area contributed by atoms with Crippen molar-refractivity contribution in [2.45, 2.75) is 0 Å². The van der Waals surface area contributed by atoms with Gasteiger partial charge in [0.25, 0.3) is 5.89 Å². The molecule has 1 aromatic heterocycles. The average molecular weight is 352 g/mol. The van der Waals surface area contributed by atoms with Crippen molar-refractivity contribution >= 4 is 21.6 Å². The Kier molecular flexibility index (Phi) is 3.42. The Hall–Kier alpha value is -2.28. The van der Waals surface area contributed by atoms with Crippen LogP contribution in [0.3, 0.4) is 0 Å². The normalized spacial score (nSPS) is 10.8. The zero-order chi connectivity index (χ0) is 15.0. The Labute approximate surface area is 126 Å². The number of nitrogen functional groups attached to an aromatic ring is 1. The molecule has 0 aliphatic rings. The first kappa shape index (κ1) is 13.7. The lowest BCUT2D eigenvalue weighted by molar-refractivity contribution is 0.432. The summed E-state index contributed by atoms with van der Waals surface area (Å²) in [5.74, 6) is -1.12. The third-order valence-electron chi connectivity index (χ3n) is 2.77. The van der Waals surface area contributed by atoms with Gasteiger partial charge in [0.15, 0.2) is 0 Å². The minimum atomic E-state index is -0.707. The third-order valence-corrected chi connectivity index (χ3v) is 3.46. The lowest BCUT2D eigenvalue weighted by Gasteiger charge is -2.00. The van der Waals surface area contributed by atoms with E-state index in [1.807, 2.05) is 0 Å². The van der Waals surface area contributed by atoms with E-state index in [0.29, 0.717) is 11.3 Å². The lowest BCUT2D eigenvalue weighted by atomic mass is 10.2. The molecule has 0 unspecified atom stereocenters. The van der Waals surface area contributed by atoms with E-state index in [1.54, 1.807) is 18.2 Å². The fourth-order valence-electron chi connectivity index (χ4n) is 1.84. The molecule has 7 heteroatoms. The number of anilines is 1. The molecule has 0 radical (unpaired) electrons. The molecule has 106 valence electrons. The molecule has 0 bridgehead atoms. The largest absolute Gasteiger partial charge is 0.399 e. The van der Waals surface area contributed by atoms with E-state index in [9.17, 15) is 8.78 Å². The van der Waals surface area contributed by atoms with E-state index in [1.165, 1.54) is 0 Å². The van der Waals surface area contributed by atoms with Gasteiger partial charge in [0, 0.05) is 21.8 Å². The standard InChI is InChI=1S/C14H8BrF2N3O/c15-12-2-1-10(18)6-11(12)14-19-13(20-21-14)7-3-8(16)5-9(17)4-7/h1-6H,18H2. The molecule has 1 heterocycles. The van der Waals surface area contributed by atoms with E-state index >= 15 is 0 Å². The van der Waals surface area contributed by atoms with Crippen molar-refractivity contribution < 1.29 is 13.3 Å². The molecule has 3 aromatic rings. The molecule has 0 saturated heterocycles. The molecular formula is C14H8BrF2N3O. The zero-order valence-corrected chi connectivity index (χ0v) is 12.1. The third kappa shape index (κ3) is 2.78. The highest BCUT2D eigenvalue weighted by molar-refractivity contribution is 9.10. The highest BCUT2D eigenvalue weighted by Crippen LogP contribution is 2.30. The maximum Gasteiger partial charge on any atom is 0.259 e. The van der Waals surface area contributed by atoms with Crippen LogP contribution in [0.15, 0.2) is 45.4 Å². The van der Waals surface area contributed by atoms with Crippen LogP contribution >= 0.6 is 15.9 Å². The summed E-state index contributed by atoms with van der Waals surface area (Å²) in [5, 5.41) is 3.73. The van der Waals surface area contributed by atoms with Crippen molar-refractivity contribution in [1.82, 2.24) is 10.1 Å². The van der Waals surface area contributed by atoms with Crippen molar-refractivity contribution in [3.8, 4) is 22.8 Å². The topological polar surface area (TPSA) is 64.9 Å². The van der Waals surface area contributed by atoms with Crippen molar-refractivity contribution in [2.75, 3.05) is 5.73 Å². The number of benzene rings is 2. The number of hydrogen-bond acceptors (Lipinski definition) is 4. The van der Waals surface area contributed by atoms with Gasteiger partial charge in [-0.15, -0.1) is 0 Å². The van der Waals surface area contributed by atoms with Crippen LogP contribution in [0.25, 0.3) is 22.8 Å². The quantitative estimate of drug-likeness (QED) is 0.708.